The average molecular weight is 531 g/mol. The quantitative estimate of drug-likeness (QED) is 0.282. The van der Waals surface area contributed by atoms with Crippen molar-refractivity contribution >= 4 is 52.1 Å². The summed E-state index contributed by atoms with van der Waals surface area (Å²) < 4.78 is 7.37. The van der Waals surface area contributed by atoms with Crippen molar-refractivity contribution in [1.82, 2.24) is 9.47 Å². The molecule has 2 aliphatic heterocycles. The van der Waals surface area contributed by atoms with Gasteiger partial charge in [0.05, 0.1) is 17.4 Å². The summed E-state index contributed by atoms with van der Waals surface area (Å²) in [6.45, 7) is 12.0. The molecule has 3 heterocycles. The zero-order chi connectivity index (χ0) is 26.6. The van der Waals surface area contributed by atoms with E-state index in [0.29, 0.717) is 78.2 Å². The number of hydrogen-bond acceptors (Lipinski definition) is 8. The second-order valence-electron chi connectivity index (χ2n) is 9.51. The van der Waals surface area contributed by atoms with E-state index in [4.69, 9.17) is 17.0 Å². The molecule has 1 aromatic rings. The number of thiocarbonyl (C=S) groups is 1. The zero-order valence-electron chi connectivity index (χ0n) is 21.6. The molecule has 0 N–H and O–H groups in total. The molecular formula is C26H34N4O4S2. The molecule has 2 fully saturated rings. The van der Waals surface area contributed by atoms with E-state index in [2.05, 4.69) is 11.0 Å². The van der Waals surface area contributed by atoms with Gasteiger partial charge in [-0.1, -0.05) is 44.8 Å². The van der Waals surface area contributed by atoms with Gasteiger partial charge in [0.2, 0.25) is 0 Å². The normalized spacial score (nSPS) is 17.9. The number of piperidine rings is 1. The van der Waals surface area contributed by atoms with E-state index < -0.39 is 0 Å². The largest absolute Gasteiger partial charge is 0.466 e. The Labute approximate surface area is 222 Å². The number of ether oxygens (including phenoxy) is 1. The van der Waals surface area contributed by atoms with Gasteiger partial charge in [-0.25, -0.2) is 0 Å². The number of carbonyl (C=O) groups excluding carboxylic acids is 2. The summed E-state index contributed by atoms with van der Waals surface area (Å²) in [6, 6.07) is 2.08. The Hall–Kier alpha value is -2.64. The van der Waals surface area contributed by atoms with E-state index in [1.165, 1.54) is 11.8 Å². The summed E-state index contributed by atoms with van der Waals surface area (Å²) in [5.41, 5.74) is 0.979. The third kappa shape index (κ3) is 5.68. The molecule has 8 nitrogen and oxygen atoms in total. The van der Waals surface area contributed by atoms with Gasteiger partial charge >= 0.3 is 5.97 Å². The number of esters is 1. The number of carbonyl (C=O) groups is 2. The predicted octanol–water partition coefficient (Wildman–Crippen LogP) is 4.08. The summed E-state index contributed by atoms with van der Waals surface area (Å²) >= 11 is 6.73. The van der Waals surface area contributed by atoms with E-state index in [9.17, 15) is 19.6 Å². The lowest BCUT2D eigenvalue weighted by atomic mass is 9.95. The lowest BCUT2D eigenvalue weighted by Gasteiger charge is -2.35. The highest BCUT2D eigenvalue weighted by molar-refractivity contribution is 8.26. The summed E-state index contributed by atoms with van der Waals surface area (Å²) in [7, 11) is 0. The number of hydrogen-bond donors (Lipinski definition) is 0. The summed E-state index contributed by atoms with van der Waals surface area (Å²) in [4.78, 5) is 43.0. The maximum atomic E-state index is 13.3. The van der Waals surface area contributed by atoms with Gasteiger partial charge in [-0.15, -0.1) is 0 Å². The van der Waals surface area contributed by atoms with Crippen molar-refractivity contribution in [1.29, 1.82) is 5.26 Å². The van der Waals surface area contributed by atoms with Crippen molar-refractivity contribution < 1.29 is 14.3 Å². The fraction of sp³-hybridized carbons (Fsp3) is 0.577. The van der Waals surface area contributed by atoms with Gasteiger partial charge in [0.25, 0.3) is 11.5 Å². The maximum Gasteiger partial charge on any atom is 0.309 e. The fourth-order valence-electron chi connectivity index (χ4n) is 4.66. The second-order valence-corrected chi connectivity index (χ2v) is 11.2. The van der Waals surface area contributed by atoms with Gasteiger partial charge in [0, 0.05) is 31.7 Å². The number of nitriles is 1. The Kier molecular flexibility index (Phi) is 9.36. The highest BCUT2D eigenvalue weighted by Gasteiger charge is 2.34. The first-order chi connectivity index (χ1) is 17.1. The molecule has 0 saturated carbocycles. The molecule has 0 aromatic carbocycles. The van der Waals surface area contributed by atoms with Crippen molar-refractivity contribution in [3.8, 4) is 6.07 Å². The van der Waals surface area contributed by atoms with E-state index in [0.717, 1.165) is 0 Å². The molecule has 2 saturated heterocycles. The van der Waals surface area contributed by atoms with Crippen molar-refractivity contribution in [2.24, 2.45) is 11.8 Å². The van der Waals surface area contributed by atoms with Crippen molar-refractivity contribution in [3.63, 3.8) is 0 Å². The fourth-order valence-corrected chi connectivity index (χ4v) is 5.91. The van der Waals surface area contributed by atoms with Crippen LogP contribution in [0.25, 0.3) is 6.08 Å². The molecule has 0 unspecified atom stereocenters. The predicted molar refractivity (Wildman–Crippen MR) is 147 cm³/mol. The van der Waals surface area contributed by atoms with Gasteiger partial charge in [-0.2, -0.15) is 5.26 Å². The van der Waals surface area contributed by atoms with Gasteiger partial charge < -0.3 is 9.64 Å². The van der Waals surface area contributed by atoms with Gasteiger partial charge in [-0.05, 0) is 50.7 Å². The van der Waals surface area contributed by atoms with Crippen LogP contribution >= 0.6 is 24.0 Å². The Bertz CT molecular complexity index is 1170. The van der Waals surface area contributed by atoms with Crippen LogP contribution in [0, 0.1) is 30.1 Å². The lowest BCUT2D eigenvalue weighted by Crippen LogP contribution is -2.41. The molecule has 194 valence electrons. The average Bonchev–Trinajstić information content (AvgIpc) is 3.10. The minimum atomic E-state index is -0.330. The van der Waals surface area contributed by atoms with Gasteiger partial charge in [-0.3, -0.25) is 23.9 Å². The highest BCUT2D eigenvalue weighted by atomic mass is 32.2. The standard InChI is InChI=1S/C26H34N4O4S2/c1-6-10-29-22(28-11-8-18(9-12-28)25(33)34-7-2)19(17(5)20(14-27)23(29)31)13-21-24(32)30(15-16(3)4)26(35)36-21/h13,16,18H,6-12,15H2,1-5H3. The summed E-state index contributed by atoms with van der Waals surface area (Å²) in [6.07, 6.45) is 3.70. The zero-order valence-corrected chi connectivity index (χ0v) is 23.3. The van der Waals surface area contributed by atoms with Crippen LogP contribution in [0.5, 0.6) is 0 Å². The topological polar surface area (TPSA) is 95.6 Å². The van der Waals surface area contributed by atoms with Crippen molar-refractivity contribution in [3.05, 3.63) is 31.9 Å². The van der Waals surface area contributed by atoms with E-state index >= 15 is 0 Å². The lowest BCUT2D eigenvalue weighted by molar-refractivity contribution is -0.148. The van der Waals surface area contributed by atoms with E-state index in [1.807, 2.05) is 20.8 Å². The molecule has 10 heteroatoms. The molecule has 0 radical (unpaired) electrons. The number of aromatic nitrogens is 1. The number of pyridine rings is 1. The van der Waals surface area contributed by atoms with Crippen LogP contribution in [0.15, 0.2) is 9.70 Å². The smallest absolute Gasteiger partial charge is 0.309 e. The maximum absolute atomic E-state index is 13.3. The number of anilines is 1. The minimum Gasteiger partial charge on any atom is -0.466 e. The molecule has 3 rings (SSSR count). The Balaban J connectivity index is 2.11. The molecular weight excluding hydrogens is 496 g/mol. The molecule has 0 atom stereocenters. The first-order valence-electron chi connectivity index (χ1n) is 12.5. The number of thioether (sulfide) groups is 1. The Morgan fingerprint density at radius 3 is 2.50 bits per heavy atom. The van der Waals surface area contributed by atoms with E-state index in [1.54, 1.807) is 29.4 Å². The molecule has 0 aliphatic carbocycles. The first-order valence-corrected chi connectivity index (χ1v) is 13.7. The molecule has 2 aliphatic rings. The van der Waals surface area contributed by atoms with Crippen LogP contribution < -0.4 is 10.5 Å². The monoisotopic (exact) mass is 530 g/mol. The Morgan fingerprint density at radius 2 is 1.94 bits per heavy atom. The first kappa shape index (κ1) is 27.9. The van der Waals surface area contributed by atoms with Crippen molar-refractivity contribution in [2.75, 3.05) is 31.1 Å². The second kappa shape index (κ2) is 12.1. The molecule has 1 amide bonds. The van der Waals surface area contributed by atoms with Crippen LogP contribution in [0.1, 0.15) is 63.6 Å². The molecule has 1 aromatic heterocycles. The van der Waals surface area contributed by atoms with Gasteiger partial charge in [0.15, 0.2) is 0 Å². The number of nitrogens with zero attached hydrogens (tertiary/aromatic N) is 4. The number of rotatable bonds is 8. The SMILES string of the molecule is CCCn1c(N2CCC(C(=O)OCC)CC2)c(C=C2SC(=S)N(CC(C)C)C2=O)c(C)c(C#N)c1=O. The number of amides is 1. The molecule has 0 bridgehead atoms. The Morgan fingerprint density at radius 1 is 1.28 bits per heavy atom. The molecule has 0 spiro atoms. The van der Waals surface area contributed by atoms with Gasteiger partial charge in [0.1, 0.15) is 21.8 Å². The van der Waals surface area contributed by atoms with Crippen LogP contribution in [-0.2, 0) is 20.9 Å². The minimum absolute atomic E-state index is 0.0810. The van der Waals surface area contributed by atoms with Crippen LogP contribution in [-0.4, -0.2) is 51.9 Å². The van der Waals surface area contributed by atoms with E-state index in [-0.39, 0.29) is 34.8 Å². The highest BCUT2D eigenvalue weighted by Crippen LogP contribution is 2.37. The summed E-state index contributed by atoms with van der Waals surface area (Å²) in [5, 5.41) is 9.81. The van der Waals surface area contributed by atoms with Crippen LogP contribution in [0.2, 0.25) is 0 Å². The summed E-state index contributed by atoms with van der Waals surface area (Å²) in [5.74, 6) is 0.434. The third-order valence-electron chi connectivity index (χ3n) is 6.40. The van der Waals surface area contributed by atoms with Crippen LogP contribution in [0.3, 0.4) is 0 Å². The van der Waals surface area contributed by atoms with Crippen molar-refractivity contribution in [2.45, 2.75) is 60.4 Å². The van der Waals surface area contributed by atoms with Crippen LogP contribution in [0.4, 0.5) is 5.82 Å². The molecule has 36 heavy (non-hydrogen) atoms. The third-order valence-corrected chi connectivity index (χ3v) is 7.78.